The molecule has 0 spiro atoms. The molecule has 0 aliphatic rings. The molecule has 0 aliphatic carbocycles. The molecule has 2 aromatic rings. The highest BCUT2D eigenvalue weighted by molar-refractivity contribution is 9.10. The lowest BCUT2D eigenvalue weighted by Gasteiger charge is -2.16. The van der Waals surface area contributed by atoms with Gasteiger partial charge in [-0.3, -0.25) is 4.79 Å². The summed E-state index contributed by atoms with van der Waals surface area (Å²) in [4.78, 5) is 18.5. The summed E-state index contributed by atoms with van der Waals surface area (Å²) in [5.41, 5.74) is 1.06. The van der Waals surface area contributed by atoms with Crippen molar-refractivity contribution in [3.63, 3.8) is 0 Å². The van der Waals surface area contributed by atoms with Crippen molar-refractivity contribution in [3.8, 4) is 11.3 Å². The van der Waals surface area contributed by atoms with Crippen LogP contribution in [-0.2, 0) is 11.2 Å². The zero-order chi connectivity index (χ0) is 14.0. The first-order chi connectivity index (χ1) is 8.90. The van der Waals surface area contributed by atoms with Crippen LogP contribution in [0.25, 0.3) is 11.3 Å². The first-order valence-electron chi connectivity index (χ1n) is 5.92. The van der Waals surface area contributed by atoms with Gasteiger partial charge in [0.25, 0.3) is 0 Å². The Hall–Kier alpha value is -1.62. The van der Waals surface area contributed by atoms with Crippen molar-refractivity contribution in [3.05, 3.63) is 40.8 Å². The van der Waals surface area contributed by atoms with Gasteiger partial charge in [-0.25, -0.2) is 4.98 Å². The van der Waals surface area contributed by atoms with E-state index in [-0.39, 0.29) is 0 Å². The molecule has 1 aromatic heterocycles. The number of benzene rings is 1. The topological polar surface area (TPSA) is 66.0 Å². The second-order valence-corrected chi connectivity index (χ2v) is 5.94. The van der Waals surface area contributed by atoms with E-state index < -0.39 is 11.4 Å². The van der Waals surface area contributed by atoms with Crippen molar-refractivity contribution in [1.82, 2.24) is 9.97 Å². The Morgan fingerprint density at radius 1 is 1.42 bits per heavy atom. The van der Waals surface area contributed by atoms with E-state index in [2.05, 4.69) is 25.9 Å². The summed E-state index contributed by atoms with van der Waals surface area (Å²) in [7, 11) is 0. The number of carboxylic acids is 1. The van der Waals surface area contributed by atoms with Crippen LogP contribution in [0.5, 0.6) is 0 Å². The highest BCUT2D eigenvalue weighted by Gasteiger charge is 2.28. The van der Waals surface area contributed by atoms with Crippen LogP contribution >= 0.6 is 15.9 Å². The number of nitrogens with one attached hydrogen (secondary N) is 1. The van der Waals surface area contributed by atoms with Gasteiger partial charge in [-0.2, -0.15) is 0 Å². The Labute approximate surface area is 120 Å². The first-order valence-corrected chi connectivity index (χ1v) is 6.71. The minimum Gasteiger partial charge on any atom is -0.481 e. The van der Waals surface area contributed by atoms with Crippen molar-refractivity contribution >= 4 is 21.9 Å². The lowest BCUT2D eigenvalue weighted by Crippen LogP contribution is -2.26. The molecule has 0 atom stereocenters. The maximum absolute atomic E-state index is 11.1. The van der Waals surface area contributed by atoms with Gasteiger partial charge in [-0.1, -0.05) is 34.1 Å². The third-order valence-electron chi connectivity index (χ3n) is 2.98. The number of carboxylic acid groups (broad SMARTS) is 1. The second-order valence-electron chi connectivity index (χ2n) is 5.09. The summed E-state index contributed by atoms with van der Waals surface area (Å²) >= 11 is 3.48. The molecule has 0 aliphatic heterocycles. The molecule has 0 radical (unpaired) electrons. The maximum Gasteiger partial charge on any atom is 0.309 e. The Bertz CT molecular complexity index is 605. The minimum atomic E-state index is -0.830. The molecule has 2 rings (SSSR count). The lowest BCUT2D eigenvalue weighted by molar-refractivity contribution is -0.146. The van der Waals surface area contributed by atoms with Gasteiger partial charge < -0.3 is 10.1 Å². The molecule has 0 saturated heterocycles. The van der Waals surface area contributed by atoms with E-state index in [9.17, 15) is 4.79 Å². The number of halogens is 1. The monoisotopic (exact) mass is 322 g/mol. The number of H-pyrrole nitrogens is 1. The zero-order valence-electron chi connectivity index (χ0n) is 10.8. The maximum atomic E-state index is 11.1. The number of nitrogens with zero attached hydrogens (tertiary/aromatic N) is 1. The largest absolute Gasteiger partial charge is 0.481 e. The average molecular weight is 323 g/mol. The predicted molar refractivity (Wildman–Crippen MR) is 76.8 cm³/mol. The third kappa shape index (κ3) is 3.04. The minimum absolute atomic E-state index is 0.368. The Morgan fingerprint density at radius 3 is 2.74 bits per heavy atom. The zero-order valence-corrected chi connectivity index (χ0v) is 12.4. The number of aromatic amines is 1. The van der Waals surface area contributed by atoms with Crippen molar-refractivity contribution in [2.24, 2.45) is 5.41 Å². The van der Waals surface area contributed by atoms with Crippen LogP contribution in [0.2, 0.25) is 0 Å². The van der Waals surface area contributed by atoms with Crippen LogP contribution in [0, 0.1) is 5.41 Å². The van der Waals surface area contributed by atoms with Crippen LogP contribution < -0.4 is 0 Å². The van der Waals surface area contributed by atoms with Gasteiger partial charge in [0.15, 0.2) is 0 Å². The molecular weight excluding hydrogens is 308 g/mol. The number of hydrogen-bond acceptors (Lipinski definition) is 2. The van der Waals surface area contributed by atoms with E-state index in [1.807, 2.05) is 24.3 Å². The Morgan fingerprint density at radius 2 is 2.11 bits per heavy atom. The quantitative estimate of drug-likeness (QED) is 0.905. The first kappa shape index (κ1) is 13.8. The number of rotatable bonds is 4. The van der Waals surface area contributed by atoms with E-state index in [0.29, 0.717) is 12.2 Å². The van der Waals surface area contributed by atoms with E-state index >= 15 is 0 Å². The van der Waals surface area contributed by atoms with Gasteiger partial charge in [0.2, 0.25) is 0 Å². The lowest BCUT2D eigenvalue weighted by atomic mass is 9.89. The highest BCUT2D eigenvalue weighted by atomic mass is 79.9. The molecule has 100 valence electrons. The number of carbonyl (C=O) groups is 1. The summed E-state index contributed by atoms with van der Waals surface area (Å²) in [5.74, 6) is -0.149. The van der Waals surface area contributed by atoms with Crippen LogP contribution in [-0.4, -0.2) is 21.0 Å². The fraction of sp³-hybridized carbons (Fsp3) is 0.286. The van der Waals surface area contributed by atoms with Crippen LogP contribution in [0.4, 0.5) is 0 Å². The number of aliphatic carboxylic acids is 1. The van der Waals surface area contributed by atoms with Crippen molar-refractivity contribution in [1.29, 1.82) is 0 Å². The average Bonchev–Trinajstić information content (AvgIpc) is 2.77. The second kappa shape index (κ2) is 5.17. The van der Waals surface area contributed by atoms with Gasteiger partial charge in [0.1, 0.15) is 5.82 Å². The van der Waals surface area contributed by atoms with Gasteiger partial charge in [-0.05, 0) is 19.9 Å². The third-order valence-corrected chi connectivity index (χ3v) is 3.67. The van der Waals surface area contributed by atoms with Gasteiger partial charge in [0, 0.05) is 16.5 Å². The highest BCUT2D eigenvalue weighted by Crippen LogP contribution is 2.27. The van der Waals surface area contributed by atoms with Crippen LogP contribution in [0.1, 0.15) is 19.7 Å². The fourth-order valence-electron chi connectivity index (χ4n) is 1.76. The summed E-state index contributed by atoms with van der Waals surface area (Å²) in [5, 5.41) is 9.12. The molecule has 1 aromatic carbocycles. The predicted octanol–water partition coefficient (Wildman–Crippen LogP) is 3.49. The summed E-state index contributed by atoms with van der Waals surface area (Å²) in [6.07, 6.45) is 2.10. The summed E-state index contributed by atoms with van der Waals surface area (Å²) in [6, 6.07) is 7.82. The molecule has 0 saturated carbocycles. The number of hydrogen-bond donors (Lipinski definition) is 2. The molecule has 19 heavy (non-hydrogen) atoms. The number of imidazole rings is 1. The summed E-state index contributed by atoms with van der Waals surface area (Å²) in [6.45, 7) is 3.38. The molecule has 0 bridgehead atoms. The van der Waals surface area contributed by atoms with E-state index in [4.69, 9.17) is 5.11 Å². The normalized spacial score (nSPS) is 11.5. The van der Waals surface area contributed by atoms with Gasteiger partial charge in [0.05, 0.1) is 17.3 Å². The molecule has 4 nitrogen and oxygen atoms in total. The molecule has 0 amide bonds. The molecule has 0 unspecified atom stereocenters. The SMILES string of the molecule is CC(C)(Cc1ncc(-c2ccccc2Br)[nH]1)C(=O)O. The van der Waals surface area contributed by atoms with Crippen molar-refractivity contribution < 1.29 is 9.90 Å². The van der Waals surface area contributed by atoms with Crippen molar-refractivity contribution in [2.75, 3.05) is 0 Å². The number of aromatic nitrogens is 2. The van der Waals surface area contributed by atoms with Crippen LogP contribution in [0.3, 0.4) is 0 Å². The summed E-state index contributed by atoms with van der Waals surface area (Å²) < 4.78 is 0.975. The Balaban J connectivity index is 2.26. The Kier molecular flexibility index (Phi) is 3.75. The van der Waals surface area contributed by atoms with Gasteiger partial charge in [-0.15, -0.1) is 0 Å². The van der Waals surface area contributed by atoms with E-state index in [1.165, 1.54) is 0 Å². The molecular formula is C14H15BrN2O2. The van der Waals surface area contributed by atoms with E-state index in [1.54, 1.807) is 20.0 Å². The van der Waals surface area contributed by atoms with E-state index in [0.717, 1.165) is 15.7 Å². The molecule has 2 N–H and O–H groups in total. The molecule has 5 heteroatoms. The van der Waals surface area contributed by atoms with Gasteiger partial charge >= 0.3 is 5.97 Å². The molecule has 0 fully saturated rings. The fourth-order valence-corrected chi connectivity index (χ4v) is 2.26. The molecule has 1 heterocycles. The smallest absolute Gasteiger partial charge is 0.309 e. The van der Waals surface area contributed by atoms with Crippen LogP contribution in [0.15, 0.2) is 34.9 Å². The van der Waals surface area contributed by atoms with Crippen molar-refractivity contribution in [2.45, 2.75) is 20.3 Å². The standard InChI is InChI=1S/C14H15BrN2O2/c1-14(2,13(18)19)7-12-16-8-11(17-12)9-5-3-4-6-10(9)15/h3-6,8H,7H2,1-2H3,(H,16,17)(H,18,19).